The smallest absolute Gasteiger partial charge is 0.226 e. The van der Waals surface area contributed by atoms with E-state index in [4.69, 9.17) is 0 Å². The molecule has 0 radical (unpaired) electrons. The predicted octanol–water partition coefficient (Wildman–Crippen LogP) is 4.54. The molecule has 0 fully saturated rings. The van der Waals surface area contributed by atoms with E-state index in [1.807, 2.05) is 44.2 Å². The standard InChI is InChI=1S/C19H21F2NOS/c1-19(2,18(23)22-11-14-6-4-3-5-7-14)13-24-12-15-8-9-16(20)10-17(15)21/h3-10H,11-13H2,1-2H3,(H,22,23). The van der Waals surface area contributed by atoms with Gasteiger partial charge in [0.25, 0.3) is 0 Å². The highest BCUT2D eigenvalue weighted by Crippen LogP contribution is 2.26. The Morgan fingerprint density at radius 1 is 1.12 bits per heavy atom. The van der Waals surface area contributed by atoms with Gasteiger partial charge < -0.3 is 5.32 Å². The molecule has 0 saturated heterocycles. The first-order valence-electron chi connectivity index (χ1n) is 7.72. The largest absolute Gasteiger partial charge is 0.352 e. The molecule has 0 aliphatic carbocycles. The van der Waals surface area contributed by atoms with Crippen molar-refractivity contribution in [2.24, 2.45) is 5.41 Å². The molecule has 1 N–H and O–H groups in total. The summed E-state index contributed by atoms with van der Waals surface area (Å²) < 4.78 is 26.5. The highest BCUT2D eigenvalue weighted by Gasteiger charge is 2.27. The van der Waals surface area contributed by atoms with Crippen molar-refractivity contribution in [3.8, 4) is 0 Å². The molecule has 128 valence electrons. The number of hydrogen-bond donors (Lipinski definition) is 1. The number of rotatable bonds is 7. The third kappa shape index (κ3) is 5.34. The summed E-state index contributed by atoms with van der Waals surface area (Å²) in [7, 11) is 0. The van der Waals surface area contributed by atoms with Crippen LogP contribution in [0.25, 0.3) is 0 Å². The van der Waals surface area contributed by atoms with Gasteiger partial charge in [-0.2, -0.15) is 11.8 Å². The maximum Gasteiger partial charge on any atom is 0.226 e. The zero-order valence-corrected chi connectivity index (χ0v) is 14.6. The topological polar surface area (TPSA) is 29.1 Å². The van der Waals surface area contributed by atoms with Crippen molar-refractivity contribution >= 4 is 17.7 Å². The zero-order chi connectivity index (χ0) is 17.6. The highest BCUT2D eigenvalue weighted by atomic mass is 32.2. The molecule has 2 aromatic carbocycles. The number of amides is 1. The summed E-state index contributed by atoms with van der Waals surface area (Å²) in [6, 6.07) is 13.3. The summed E-state index contributed by atoms with van der Waals surface area (Å²) in [5.41, 5.74) is 0.917. The highest BCUT2D eigenvalue weighted by molar-refractivity contribution is 7.98. The van der Waals surface area contributed by atoms with Gasteiger partial charge in [-0.1, -0.05) is 50.2 Å². The first-order valence-corrected chi connectivity index (χ1v) is 8.88. The molecule has 0 spiro atoms. The van der Waals surface area contributed by atoms with Gasteiger partial charge in [-0.05, 0) is 17.2 Å². The minimum Gasteiger partial charge on any atom is -0.352 e. The maximum atomic E-state index is 13.6. The Morgan fingerprint density at radius 3 is 2.50 bits per heavy atom. The quantitative estimate of drug-likeness (QED) is 0.795. The minimum absolute atomic E-state index is 0.0431. The molecule has 2 aromatic rings. The van der Waals surface area contributed by atoms with Gasteiger partial charge in [-0.3, -0.25) is 4.79 Å². The fourth-order valence-corrected chi connectivity index (χ4v) is 3.34. The van der Waals surface area contributed by atoms with Crippen LogP contribution in [0.5, 0.6) is 0 Å². The molecular formula is C19H21F2NOS. The van der Waals surface area contributed by atoms with E-state index in [1.165, 1.54) is 23.9 Å². The second kappa shape index (κ2) is 8.29. The van der Waals surface area contributed by atoms with Crippen LogP contribution in [0.15, 0.2) is 48.5 Å². The molecule has 0 aromatic heterocycles. The molecule has 0 heterocycles. The molecule has 0 saturated carbocycles. The van der Waals surface area contributed by atoms with Crippen LogP contribution < -0.4 is 5.32 Å². The lowest BCUT2D eigenvalue weighted by Crippen LogP contribution is -2.38. The van der Waals surface area contributed by atoms with Crippen molar-refractivity contribution in [3.05, 3.63) is 71.3 Å². The first-order chi connectivity index (χ1) is 11.4. The Balaban J connectivity index is 1.82. The monoisotopic (exact) mass is 349 g/mol. The van der Waals surface area contributed by atoms with Crippen LogP contribution in [0.2, 0.25) is 0 Å². The Bertz CT molecular complexity index is 689. The van der Waals surface area contributed by atoms with Gasteiger partial charge >= 0.3 is 0 Å². The first kappa shape index (κ1) is 18.5. The average molecular weight is 349 g/mol. The van der Waals surface area contributed by atoms with Crippen LogP contribution in [-0.2, 0) is 17.1 Å². The zero-order valence-electron chi connectivity index (χ0n) is 13.8. The van der Waals surface area contributed by atoms with Gasteiger partial charge in [0.15, 0.2) is 0 Å². The normalized spacial score (nSPS) is 11.3. The third-order valence-corrected chi connectivity index (χ3v) is 5.09. The van der Waals surface area contributed by atoms with Gasteiger partial charge in [0.05, 0.1) is 5.41 Å². The van der Waals surface area contributed by atoms with Crippen LogP contribution in [0.3, 0.4) is 0 Å². The maximum absolute atomic E-state index is 13.6. The average Bonchev–Trinajstić information content (AvgIpc) is 2.55. The Labute approximate surface area is 145 Å². The van der Waals surface area contributed by atoms with E-state index in [-0.39, 0.29) is 5.91 Å². The summed E-state index contributed by atoms with van der Waals surface area (Å²) in [5, 5.41) is 2.93. The van der Waals surface area contributed by atoms with Crippen LogP contribution in [-0.4, -0.2) is 11.7 Å². The Kier molecular flexibility index (Phi) is 6.37. The summed E-state index contributed by atoms with van der Waals surface area (Å²) >= 11 is 1.46. The van der Waals surface area contributed by atoms with Gasteiger partial charge in [-0.15, -0.1) is 0 Å². The molecule has 0 aliphatic rings. The van der Waals surface area contributed by atoms with E-state index in [1.54, 1.807) is 0 Å². The Hall–Kier alpha value is -1.88. The van der Waals surface area contributed by atoms with Crippen LogP contribution >= 0.6 is 11.8 Å². The predicted molar refractivity (Wildman–Crippen MR) is 94.6 cm³/mol. The second-order valence-electron chi connectivity index (χ2n) is 6.28. The van der Waals surface area contributed by atoms with Crippen molar-refractivity contribution in [2.75, 3.05) is 5.75 Å². The molecule has 0 unspecified atom stereocenters. The van der Waals surface area contributed by atoms with Crippen LogP contribution in [0.4, 0.5) is 8.78 Å². The summed E-state index contributed by atoms with van der Waals surface area (Å²) in [6.45, 7) is 4.21. The number of halogens is 2. The summed E-state index contributed by atoms with van der Waals surface area (Å²) in [6.07, 6.45) is 0. The van der Waals surface area contributed by atoms with Gasteiger partial charge in [0.1, 0.15) is 11.6 Å². The number of benzene rings is 2. The number of carbonyl (C=O) groups excluding carboxylic acids is 1. The van der Waals surface area contributed by atoms with E-state index in [2.05, 4.69) is 5.32 Å². The van der Waals surface area contributed by atoms with E-state index in [0.717, 1.165) is 11.6 Å². The Morgan fingerprint density at radius 2 is 1.83 bits per heavy atom. The lowest BCUT2D eigenvalue weighted by molar-refractivity contribution is -0.128. The van der Waals surface area contributed by atoms with E-state index >= 15 is 0 Å². The van der Waals surface area contributed by atoms with Crippen LogP contribution in [0, 0.1) is 17.0 Å². The second-order valence-corrected chi connectivity index (χ2v) is 7.27. The molecular weight excluding hydrogens is 328 g/mol. The molecule has 24 heavy (non-hydrogen) atoms. The fourth-order valence-electron chi connectivity index (χ4n) is 2.14. The van der Waals surface area contributed by atoms with Gasteiger partial charge in [0, 0.05) is 24.1 Å². The molecule has 0 bridgehead atoms. The number of carbonyl (C=O) groups is 1. The van der Waals surface area contributed by atoms with Crippen molar-refractivity contribution in [2.45, 2.75) is 26.1 Å². The molecule has 0 atom stereocenters. The fraction of sp³-hybridized carbons (Fsp3) is 0.316. The van der Waals surface area contributed by atoms with E-state index < -0.39 is 17.0 Å². The molecule has 2 nitrogen and oxygen atoms in total. The third-order valence-electron chi connectivity index (χ3n) is 3.65. The molecule has 0 aliphatic heterocycles. The van der Waals surface area contributed by atoms with E-state index in [0.29, 0.717) is 23.6 Å². The number of thioether (sulfide) groups is 1. The van der Waals surface area contributed by atoms with E-state index in [9.17, 15) is 13.6 Å². The lowest BCUT2D eigenvalue weighted by Gasteiger charge is -2.23. The van der Waals surface area contributed by atoms with Crippen molar-refractivity contribution in [3.63, 3.8) is 0 Å². The summed E-state index contributed by atoms with van der Waals surface area (Å²) in [5.74, 6) is -0.222. The van der Waals surface area contributed by atoms with Crippen molar-refractivity contribution in [1.29, 1.82) is 0 Å². The summed E-state index contributed by atoms with van der Waals surface area (Å²) in [4.78, 5) is 12.3. The van der Waals surface area contributed by atoms with Gasteiger partial charge in [0.2, 0.25) is 5.91 Å². The van der Waals surface area contributed by atoms with Crippen molar-refractivity contribution < 1.29 is 13.6 Å². The molecule has 2 rings (SSSR count). The molecule has 1 amide bonds. The van der Waals surface area contributed by atoms with Crippen LogP contribution in [0.1, 0.15) is 25.0 Å². The number of nitrogens with one attached hydrogen (secondary N) is 1. The minimum atomic E-state index is -0.582. The SMILES string of the molecule is CC(C)(CSCc1ccc(F)cc1F)C(=O)NCc1ccccc1. The van der Waals surface area contributed by atoms with Crippen molar-refractivity contribution in [1.82, 2.24) is 5.32 Å². The van der Waals surface area contributed by atoms with Gasteiger partial charge in [-0.25, -0.2) is 8.78 Å². The lowest BCUT2D eigenvalue weighted by atomic mass is 9.95. The number of hydrogen-bond acceptors (Lipinski definition) is 2. The molecule has 5 heteroatoms.